The van der Waals surface area contributed by atoms with E-state index in [1.54, 1.807) is 12.1 Å². The summed E-state index contributed by atoms with van der Waals surface area (Å²) >= 11 is 0. The van der Waals surface area contributed by atoms with Gasteiger partial charge in [0, 0.05) is 12.3 Å². The average molecular weight is 382 g/mol. The molecule has 1 fully saturated rings. The Balaban J connectivity index is 1.82. The van der Waals surface area contributed by atoms with Crippen LogP contribution in [0, 0.1) is 5.82 Å². The van der Waals surface area contributed by atoms with Crippen LogP contribution in [-0.4, -0.2) is 17.4 Å². The van der Waals surface area contributed by atoms with Crippen molar-refractivity contribution in [1.82, 2.24) is 5.32 Å². The van der Waals surface area contributed by atoms with Crippen LogP contribution >= 0.6 is 0 Å². The number of nitrogens with one attached hydrogen (secondary N) is 1. The zero-order valence-electron chi connectivity index (χ0n) is 16.0. The molecule has 0 saturated heterocycles. The fourth-order valence-electron chi connectivity index (χ4n) is 4.08. The molecule has 0 bridgehead atoms. The van der Waals surface area contributed by atoms with Crippen molar-refractivity contribution in [3.8, 4) is 0 Å². The topological polar surface area (TPSA) is 72.2 Å². The molecule has 5 heteroatoms. The van der Waals surface area contributed by atoms with Crippen molar-refractivity contribution in [3.05, 3.63) is 71.5 Å². The number of benzene rings is 2. The van der Waals surface area contributed by atoms with E-state index in [1.807, 2.05) is 30.3 Å². The van der Waals surface area contributed by atoms with Crippen LogP contribution in [0.3, 0.4) is 0 Å². The first kappa shape index (κ1) is 20.1. The summed E-state index contributed by atoms with van der Waals surface area (Å²) in [7, 11) is 0. The lowest BCUT2D eigenvalue weighted by Gasteiger charge is -2.31. The van der Waals surface area contributed by atoms with Crippen LogP contribution in [0.4, 0.5) is 4.39 Å². The predicted octanol–water partition coefficient (Wildman–Crippen LogP) is 4.04. The van der Waals surface area contributed by atoms with Gasteiger partial charge in [-0.05, 0) is 36.1 Å². The van der Waals surface area contributed by atoms with Gasteiger partial charge in [-0.25, -0.2) is 4.39 Å². The largest absolute Gasteiger partial charge is 0.368 e. The minimum absolute atomic E-state index is 0.171. The van der Waals surface area contributed by atoms with Gasteiger partial charge in [0.05, 0.1) is 0 Å². The molecule has 28 heavy (non-hydrogen) atoms. The first-order chi connectivity index (χ1) is 13.5. The van der Waals surface area contributed by atoms with Gasteiger partial charge in [-0.3, -0.25) is 9.59 Å². The molecule has 0 aromatic heterocycles. The first-order valence-electron chi connectivity index (χ1n) is 9.91. The quantitative estimate of drug-likeness (QED) is 0.740. The number of nitrogens with two attached hydrogens (primary N) is 1. The second-order valence-corrected chi connectivity index (χ2v) is 7.63. The Hall–Kier alpha value is -2.69. The molecule has 1 saturated carbocycles. The second-order valence-electron chi connectivity index (χ2n) is 7.63. The number of primary amides is 1. The lowest BCUT2D eigenvalue weighted by molar-refractivity contribution is -0.132. The van der Waals surface area contributed by atoms with Crippen molar-refractivity contribution in [3.63, 3.8) is 0 Å². The summed E-state index contributed by atoms with van der Waals surface area (Å²) in [6, 6.07) is 15.9. The molecule has 1 aliphatic carbocycles. The Morgan fingerprint density at radius 3 is 2.07 bits per heavy atom. The molecule has 3 rings (SSSR count). The van der Waals surface area contributed by atoms with Gasteiger partial charge in [-0.1, -0.05) is 68.1 Å². The van der Waals surface area contributed by atoms with Crippen LogP contribution in [0.2, 0.25) is 0 Å². The van der Waals surface area contributed by atoms with E-state index in [2.05, 4.69) is 5.32 Å². The zero-order valence-corrected chi connectivity index (χ0v) is 16.0. The van der Waals surface area contributed by atoms with Crippen LogP contribution in [-0.2, 0) is 9.59 Å². The molecule has 1 atom stereocenters. The molecule has 0 spiro atoms. The Kier molecular flexibility index (Phi) is 6.45. The van der Waals surface area contributed by atoms with Gasteiger partial charge >= 0.3 is 0 Å². The Morgan fingerprint density at radius 2 is 1.50 bits per heavy atom. The highest BCUT2D eigenvalue weighted by atomic mass is 19.1. The highest BCUT2D eigenvalue weighted by molar-refractivity contribution is 5.90. The number of hydrogen-bond acceptors (Lipinski definition) is 2. The Bertz CT molecular complexity index is 797. The van der Waals surface area contributed by atoms with Crippen molar-refractivity contribution in [2.24, 2.45) is 5.73 Å². The minimum atomic E-state index is -0.961. The van der Waals surface area contributed by atoms with Gasteiger partial charge in [0.25, 0.3) is 0 Å². The third kappa shape index (κ3) is 4.77. The fraction of sp³-hybridized carbons (Fsp3) is 0.391. The van der Waals surface area contributed by atoms with E-state index in [1.165, 1.54) is 12.1 Å². The maximum Gasteiger partial charge on any atom is 0.243 e. The van der Waals surface area contributed by atoms with Crippen molar-refractivity contribution in [2.45, 2.75) is 56.4 Å². The molecule has 0 unspecified atom stereocenters. The normalized spacial score (nSPS) is 17.3. The zero-order chi connectivity index (χ0) is 20.0. The van der Waals surface area contributed by atoms with E-state index in [0.717, 1.165) is 36.8 Å². The minimum Gasteiger partial charge on any atom is -0.368 e. The van der Waals surface area contributed by atoms with Gasteiger partial charge in [0.15, 0.2) is 0 Å². The van der Waals surface area contributed by atoms with Crippen molar-refractivity contribution >= 4 is 11.8 Å². The molecule has 2 amide bonds. The lowest BCUT2D eigenvalue weighted by atomic mass is 9.86. The van der Waals surface area contributed by atoms with Crippen LogP contribution in [0.5, 0.6) is 0 Å². The van der Waals surface area contributed by atoms with Crippen molar-refractivity contribution in [2.75, 3.05) is 0 Å². The summed E-state index contributed by atoms with van der Waals surface area (Å²) < 4.78 is 13.4. The summed E-state index contributed by atoms with van der Waals surface area (Å²) in [5, 5.41) is 2.97. The summed E-state index contributed by atoms with van der Waals surface area (Å²) in [5.41, 5.74) is 6.56. The Morgan fingerprint density at radius 1 is 0.929 bits per heavy atom. The average Bonchev–Trinajstić information content (AvgIpc) is 2.94. The van der Waals surface area contributed by atoms with Crippen LogP contribution in [0.25, 0.3) is 0 Å². The highest BCUT2D eigenvalue weighted by Crippen LogP contribution is 2.31. The van der Waals surface area contributed by atoms with E-state index in [0.29, 0.717) is 12.8 Å². The van der Waals surface area contributed by atoms with Crippen LogP contribution in [0.1, 0.15) is 62.0 Å². The van der Waals surface area contributed by atoms with E-state index < -0.39 is 11.4 Å². The molecule has 0 heterocycles. The number of carbonyl (C=O) groups excluding carboxylic acids is 2. The maximum atomic E-state index is 13.4. The molecule has 4 nitrogen and oxygen atoms in total. The molecule has 148 valence electrons. The van der Waals surface area contributed by atoms with Crippen molar-refractivity contribution in [1.29, 1.82) is 0 Å². The molecular formula is C23H27FN2O2. The van der Waals surface area contributed by atoms with Gasteiger partial charge < -0.3 is 11.1 Å². The van der Waals surface area contributed by atoms with E-state index in [9.17, 15) is 14.0 Å². The molecule has 2 aromatic carbocycles. The molecule has 0 radical (unpaired) electrons. The van der Waals surface area contributed by atoms with Crippen LogP contribution in [0.15, 0.2) is 54.6 Å². The van der Waals surface area contributed by atoms with E-state index in [-0.39, 0.29) is 24.1 Å². The monoisotopic (exact) mass is 382 g/mol. The molecular weight excluding hydrogens is 355 g/mol. The van der Waals surface area contributed by atoms with Gasteiger partial charge in [0.2, 0.25) is 11.8 Å². The summed E-state index contributed by atoms with van der Waals surface area (Å²) in [4.78, 5) is 25.2. The molecule has 0 aliphatic heterocycles. The number of rotatable bonds is 6. The SMILES string of the molecule is NC(=O)C1(NC(=O)C[C@@H](c2ccccc2)c2ccc(F)cc2)CCCCCC1. The number of hydrogen-bond donors (Lipinski definition) is 2. The third-order valence-electron chi connectivity index (χ3n) is 5.67. The van der Waals surface area contributed by atoms with E-state index >= 15 is 0 Å². The molecule has 3 N–H and O–H groups in total. The first-order valence-corrected chi connectivity index (χ1v) is 9.91. The lowest BCUT2D eigenvalue weighted by Crippen LogP contribution is -2.57. The predicted molar refractivity (Wildman–Crippen MR) is 107 cm³/mol. The third-order valence-corrected chi connectivity index (χ3v) is 5.67. The standard InChI is InChI=1S/C23H27FN2O2/c24-19-12-10-18(11-13-19)20(17-8-4-3-5-9-17)16-21(27)26-23(22(25)28)14-6-1-2-7-15-23/h3-5,8-13,20H,1-2,6-7,14-16H2,(H2,25,28)(H,26,27)/t20-/m0/s1. The number of carbonyl (C=O) groups is 2. The Labute approximate surface area is 165 Å². The molecule has 1 aliphatic rings. The summed E-state index contributed by atoms with van der Waals surface area (Å²) in [5.74, 6) is -1.21. The van der Waals surface area contributed by atoms with Crippen LogP contribution < -0.4 is 11.1 Å². The highest BCUT2D eigenvalue weighted by Gasteiger charge is 2.38. The number of amides is 2. The number of halogens is 1. The summed E-state index contributed by atoms with van der Waals surface area (Å²) in [6.07, 6.45) is 5.19. The maximum absolute atomic E-state index is 13.4. The van der Waals surface area contributed by atoms with Gasteiger partial charge in [-0.15, -0.1) is 0 Å². The van der Waals surface area contributed by atoms with Gasteiger partial charge in [-0.2, -0.15) is 0 Å². The van der Waals surface area contributed by atoms with E-state index in [4.69, 9.17) is 5.73 Å². The van der Waals surface area contributed by atoms with Gasteiger partial charge in [0.1, 0.15) is 11.4 Å². The van der Waals surface area contributed by atoms with Crippen molar-refractivity contribution < 1.29 is 14.0 Å². The second kappa shape index (κ2) is 9.00. The summed E-state index contributed by atoms with van der Waals surface area (Å²) in [6.45, 7) is 0. The fourth-order valence-corrected chi connectivity index (χ4v) is 4.08. The molecule has 2 aromatic rings. The smallest absolute Gasteiger partial charge is 0.243 e.